The largest absolute Gasteiger partial charge is 0.475 e. The zero-order chi connectivity index (χ0) is 14.7. The summed E-state index contributed by atoms with van der Waals surface area (Å²) in [5, 5.41) is 9.58. The Bertz CT molecular complexity index is 666. The summed E-state index contributed by atoms with van der Waals surface area (Å²) < 4.78 is 17.0. The van der Waals surface area contributed by atoms with Gasteiger partial charge in [0.25, 0.3) is 0 Å². The van der Waals surface area contributed by atoms with E-state index in [2.05, 4.69) is 0 Å². The number of halogens is 2. The van der Waals surface area contributed by atoms with Crippen molar-refractivity contribution in [2.45, 2.75) is 11.5 Å². The number of carboxylic acids is 1. The molecule has 2 rings (SSSR count). The first-order chi connectivity index (χ1) is 9.45. The molecule has 106 valence electrons. The maximum atomic E-state index is 12.0. The fourth-order valence-electron chi connectivity index (χ4n) is 1.60. The number of rotatable bonds is 5. The first-order valence-corrected chi connectivity index (χ1v) is 7.81. The second kappa shape index (κ2) is 6.43. The Morgan fingerprint density at radius 2 is 1.90 bits per heavy atom. The molecule has 0 aliphatic carbocycles. The minimum atomic E-state index is -1.23. The highest BCUT2D eigenvalue weighted by molar-refractivity contribution is 7.83. The van der Waals surface area contributed by atoms with Crippen LogP contribution in [0.1, 0.15) is 21.9 Å². The van der Waals surface area contributed by atoms with Crippen LogP contribution in [-0.2, 0) is 22.3 Å². The topological polar surface area (TPSA) is 67.5 Å². The molecular formula is C13H10Cl2O4S. The van der Waals surface area contributed by atoms with Gasteiger partial charge in [-0.2, -0.15) is 0 Å². The zero-order valence-corrected chi connectivity index (χ0v) is 12.5. The molecule has 7 heteroatoms. The Kier molecular flexibility index (Phi) is 4.86. The van der Waals surface area contributed by atoms with Gasteiger partial charge in [0.15, 0.2) is 0 Å². The molecule has 1 unspecified atom stereocenters. The predicted octanol–water partition coefficient (Wildman–Crippen LogP) is 3.73. The van der Waals surface area contributed by atoms with Gasteiger partial charge in [-0.05, 0) is 29.8 Å². The zero-order valence-electron chi connectivity index (χ0n) is 10.1. The van der Waals surface area contributed by atoms with E-state index in [9.17, 15) is 9.00 Å². The monoisotopic (exact) mass is 332 g/mol. The molecule has 0 aliphatic heterocycles. The van der Waals surface area contributed by atoms with Gasteiger partial charge < -0.3 is 9.52 Å². The lowest BCUT2D eigenvalue weighted by molar-refractivity contribution is 0.0661. The average Bonchev–Trinajstić information content (AvgIpc) is 2.82. The number of carboxylic acid groups (broad SMARTS) is 1. The highest BCUT2D eigenvalue weighted by Crippen LogP contribution is 2.23. The molecular weight excluding hydrogens is 323 g/mol. The van der Waals surface area contributed by atoms with E-state index in [1.807, 2.05) is 0 Å². The summed E-state index contributed by atoms with van der Waals surface area (Å²) in [6.45, 7) is 0. The molecule has 0 radical (unpaired) electrons. The molecule has 0 bridgehead atoms. The van der Waals surface area contributed by atoms with E-state index in [1.54, 1.807) is 18.2 Å². The molecule has 0 saturated carbocycles. The molecule has 2 aromatic rings. The van der Waals surface area contributed by atoms with Crippen molar-refractivity contribution < 1.29 is 18.5 Å². The van der Waals surface area contributed by atoms with Crippen molar-refractivity contribution in [3.05, 3.63) is 57.5 Å². The summed E-state index contributed by atoms with van der Waals surface area (Å²) in [4.78, 5) is 10.7. The van der Waals surface area contributed by atoms with Crippen molar-refractivity contribution in [1.82, 2.24) is 0 Å². The second-order valence-corrected chi connectivity index (χ2v) is 6.32. The lowest BCUT2D eigenvalue weighted by atomic mass is 10.2. The van der Waals surface area contributed by atoms with Crippen molar-refractivity contribution in [3.63, 3.8) is 0 Å². The Hall–Kier alpha value is -1.30. The first-order valence-electron chi connectivity index (χ1n) is 5.56. The van der Waals surface area contributed by atoms with Crippen molar-refractivity contribution >= 4 is 40.0 Å². The highest BCUT2D eigenvalue weighted by atomic mass is 35.5. The van der Waals surface area contributed by atoms with Crippen molar-refractivity contribution in [1.29, 1.82) is 0 Å². The van der Waals surface area contributed by atoms with E-state index in [-0.39, 0.29) is 11.5 Å². The van der Waals surface area contributed by atoms with E-state index < -0.39 is 16.8 Å². The third kappa shape index (κ3) is 3.85. The summed E-state index contributed by atoms with van der Waals surface area (Å²) in [6, 6.07) is 7.90. The summed E-state index contributed by atoms with van der Waals surface area (Å²) in [6.07, 6.45) is 0. The van der Waals surface area contributed by atoms with Gasteiger partial charge in [-0.15, -0.1) is 0 Å². The van der Waals surface area contributed by atoms with Crippen LogP contribution in [0.5, 0.6) is 0 Å². The van der Waals surface area contributed by atoms with E-state index >= 15 is 0 Å². The van der Waals surface area contributed by atoms with Crippen LogP contribution >= 0.6 is 23.2 Å². The van der Waals surface area contributed by atoms with E-state index in [1.165, 1.54) is 12.1 Å². The first kappa shape index (κ1) is 15.1. The van der Waals surface area contributed by atoms with E-state index in [0.29, 0.717) is 21.6 Å². The fourth-order valence-corrected chi connectivity index (χ4v) is 3.04. The summed E-state index contributed by atoms with van der Waals surface area (Å²) in [7, 11) is -1.23. The summed E-state index contributed by atoms with van der Waals surface area (Å²) in [5.41, 5.74) is 0.794. The number of carbonyl (C=O) groups is 1. The molecule has 0 fully saturated rings. The summed E-state index contributed by atoms with van der Waals surface area (Å²) >= 11 is 11.7. The van der Waals surface area contributed by atoms with Crippen LogP contribution in [0.15, 0.2) is 34.7 Å². The number of hydrogen-bond acceptors (Lipinski definition) is 3. The number of benzene rings is 1. The lowest BCUT2D eigenvalue weighted by Crippen LogP contribution is -1.99. The fraction of sp³-hybridized carbons (Fsp3) is 0.154. The Labute approximate surface area is 127 Å². The van der Waals surface area contributed by atoms with Gasteiger partial charge in [0.2, 0.25) is 5.76 Å². The molecule has 0 saturated heterocycles. The lowest BCUT2D eigenvalue weighted by Gasteiger charge is -2.03. The quantitative estimate of drug-likeness (QED) is 0.905. The normalized spacial score (nSPS) is 12.3. The third-order valence-electron chi connectivity index (χ3n) is 2.49. The molecule has 0 spiro atoms. The van der Waals surface area contributed by atoms with Crippen LogP contribution in [0, 0.1) is 0 Å². The third-order valence-corrected chi connectivity index (χ3v) is 4.49. The molecule has 1 heterocycles. The van der Waals surface area contributed by atoms with Crippen LogP contribution < -0.4 is 0 Å². The molecule has 1 aromatic carbocycles. The maximum absolute atomic E-state index is 12.0. The standard InChI is InChI=1S/C13H10Cl2O4S/c14-10-3-1-8(5-11(10)15)6-20(18)7-9-2-4-12(19-9)13(16)17/h1-5H,6-7H2,(H,16,17). The van der Waals surface area contributed by atoms with Crippen LogP contribution in [0.3, 0.4) is 0 Å². The Morgan fingerprint density at radius 1 is 1.15 bits per heavy atom. The van der Waals surface area contributed by atoms with Gasteiger partial charge in [-0.25, -0.2) is 4.79 Å². The van der Waals surface area contributed by atoms with Crippen LogP contribution in [0.25, 0.3) is 0 Å². The number of furan rings is 1. The SMILES string of the molecule is O=C(O)c1ccc(CS(=O)Cc2ccc(Cl)c(Cl)c2)o1. The van der Waals surface area contributed by atoms with Gasteiger partial charge in [-0.1, -0.05) is 29.3 Å². The Morgan fingerprint density at radius 3 is 2.50 bits per heavy atom. The molecule has 1 aromatic heterocycles. The van der Waals surface area contributed by atoms with Crippen LogP contribution in [-0.4, -0.2) is 15.3 Å². The van der Waals surface area contributed by atoms with Gasteiger partial charge in [0, 0.05) is 16.6 Å². The minimum Gasteiger partial charge on any atom is -0.475 e. The maximum Gasteiger partial charge on any atom is 0.371 e. The van der Waals surface area contributed by atoms with Crippen molar-refractivity contribution in [3.8, 4) is 0 Å². The molecule has 0 amide bonds. The van der Waals surface area contributed by atoms with Crippen molar-refractivity contribution in [2.24, 2.45) is 0 Å². The number of aromatic carboxylic acids is 1. The van der Waals surface area contributed by atoms with Crippen LogP contribution in [0.4, 0.5) is 0 Å². The van der Waals surface area contributed by atoms with Crippen LogP contribution in [0.2, 0.25) is 10.0 Å². The minimum absolute atomic E-state index is 0.146. The smallest absolute Gasteiger partial charge is 0.371 e. The molecule has 4 nitrogen and oxygen atoms in total. The summed E-state index contributed by atoms with van der Waals surface area (Å²) in [5.74, 6) is -0.494. The van der Waals surface area contributed by atoms with Gasteiger partial charge in [0.05, 0.1) is 15.8 Å². The predicted molar refractivity (Wildman–Crippen MR) is 77.7 cm³/mol. The molecule has 0 aliphatic rings. The molecule has 1 N–H and O–H groups in total. The number of hydrogen-bond donors (Lipinski definition) is 1. The van der Waals surface area contributed by atoms with Gasteiger partial charge in [-0.3, -0.25) is 4.21 Å². The van der Waals surface area contributed by atoms with Gasteiger partial charge in [0.1, 0.15) is 5.76 Å². The Balaban J connectivity index is 2.01. The van der Waals surface area contributed by atoms with Crippen molar-refractivity contribution in [2.75, 3.05) is 0 Å². The van der Waals surface area contributed by atoms with E-state index in [0.717, 1.165) is 5.56 Å². The highest BCUT2D eigenvalue weighted by Gasteiger charge is 2.12. The second-order valence-electron chi connectivity index (χ2n) is 4.05. The van der Waals surface area contributed by atoms with E-state index in [4.69, 9.17) is 32.7 Å². The average molecular weight is 333 g/mol. The van der Waals surface area contributed by atoms with Gasteiger partial charge >= 0.3 is 5.97 Å². The molecule has 20 heavy (non-hydrogen) atoms. The molecule has 1 atom stereocenters.